The van der Waals surface area contributed by atoms with E-state index >= 15 is 0 Å². The largest absolute Gasteiger partial charge is 0.375 e. The summed E-state index contributed by atoms with van der Waals surface area (Å²) in [5.41, 5.74) is 2.78. The molecule has 0 bridgehead atoms. The third-order valence-electron chi connectivity index (χ3n) is 7.17. The highest BCUT2D eigenvalue weighted by molar-refractivity contribution is 7.15. The van der Waals surface area contributed by atoms with E-state index in [1.165, 1.54) is 46.7 Å². The Hall–Kier alpha value is -2.01. The van der Waals surface area contributed by atoms with Crippen LogP contribution in [0.4, 0.5) is 0 Å². The van der Waals surface area contributed by atoms with E-state index in [-0.39, 0.29) is 11.0 Å². The minimum Gasteiger partial charge on any atom is -0.375 e. The Bertz CT molecular complexity index is 965. The molecule has 1 aliphatic heterocycles. The van der Waals surface area contributed by atoms with Gasteiger partial charge in [-0.15, -0.1) is 11.3 Å². The molecule has 1 spiro atoms. The van der Waals surface area contributed by atoms with Gasteiger partial charge >= 0.3 is 0 Å². The molecule has 3 heterocycles. The molecule has 1 aliphatic carbocycles. The summed E-state index contributed by atoms with van der Waals surface area (Å²) in [5, 5.41) is 3.73. The van der Waals surface area contributed by atoms with Crippen molar-refractivity contribution in [2.75, 3.05) is 13.2 Å². The molecule has 0 unspecified atom stereocenters. The molecule has 0 amide bonds. The molecule has 1 saturated heterocycles. The van der Waals surface area contributed by atoms with E-state index in [2.05, 4.69) is 59.9 Å². The summed E-state index contributed by atoms with van der Waals surface area (Å²) >= 11 is 1.89. The van der Waals surface area contributed by atoms with Crippen LogP contribution in [0, 0.1) is 0 Å². The number of hydrogen-bond acceptors (Lipinski definition) is 4. The van der Waals surface area contributed by atoms with Crippen molar-refractivity contribution in [2.24, 2.45) is 0 Å². The van der Waals surface area contributed by atoms with E-state index in [0.717, 1.165) is 39.0 Å². The summed E-state index contributed by atoms with van der Waals surface area (Å²) in [6, 6.07) is 21.6. The zero-order valence-electron chi connectivity index (χ0n) is 18.2. The number of thiophene rings is 1. The zero-order valence-corrected chi connectivity index (χ0v) is 19.0. The molecule has 2 aliphatic rings. The summed E-state index contributed by atoms with van der Waals surface area (Å²) < 4.78 is 6.38. The lowest BCUT2D eigenvalue weighted by Gasteiger charge is -2.46. The molecule has 4 heteroatoms. The van der Waals surface area contributed by atoms with Gasteiger partial charge in [0.25, 0.3) is 0 Å². The SMILES string of the molecule is c1ccc(-c2ccc(CNCC[C@@]3(c4ccccn4)CCOC4(CCCC4)C3)s2)cc1. The van der Waals surface area contributed by atoms with Crippen LogP contribution in [0.15, 0.2) is 66.9 Å². The highest BCUT2D eigenvalue weighted by Gasteiger charge is 2.48. The first kappa shape index (κ1) is 20.9. The van der Waals surface area contributed by atoms with Gasteiger partial charge < -0.3 is 10.1 Å². The van der Waals surface area contributed by atoms with Crippen LogP contribution >= 0.6 is 11.3 Å². The second-order valence-electron chi connectivity index (χ2n) is 9.22. The van der Waals surface area contributed by atoms with Gasteiger partial charge in [0.15, 0.2) is 0 Å². The van der Waals surface area contributed by atoms with Crippen molar-refractivity contribution in [1.82, 2.24) is 10.3 Å². The van der Waals surface area contributed by atoms with Gasteiger partial charge in [0.1, 0.15) is 0 Å². The number of rotatable bonds is 7. The highest BCUT2D eigenvalue weighted by atomic mass is 32.1. The molecule has 3 aromatic rings. The van der Waals surface area contributed by atoms with Gasteiger partial charge in [-0.25, -0.2) is 0 Å². The van der Waals surface area contributed by atoms with Crippen molar-refractivity contribution in [3.63, 3.8) is 0 Å². The normalized spacial score (nSPS) is 22.7. The van der Waals surface area contributed by atoms with Crippen LogP contribution in [0.3, 0.4) is 0 Å². The number of benzene rings is 1. The Kier molecular flexibility index (Phi) is 6.22. The third-order valence-corrected chi connectivity index (χ3v) is 8.31. The second-order valence-corrected chi connectivity index (χ2v) is 10.4. The van der Waals surface area contributed by atoms with Crippen LogP contribution in [0.25, 0.3) is 10.4 Å². The molecule has 1 atom stereocenters. The van der Waals surface area contributed by atoms with Gasteiger partial charge in [-0.1, -0.05) is 49.2 Å². The molecule has 1 N–H and O–H groups in total. The van der Waals surface area contributed by atoms with Crippen molar-refractivity contribution >= 4 is 11.3 Å². The van der Waals surface area contributed by atoms with E-state index in [1.807, 2.05) is 23.6 Å². The van der Waals surface area contributed by atoms with Gasteiger partial charge in [0, 0.05) is 40.2 Å². The van der Waals surface area contributed by atoms with Crippen LogP contribution in [0.1, 0.15) is 55.5 Å². The minimum atomic E-state index is 0.0914. The number of pyridine rings is 1. The topological polar surface area (TPSA) is 34.2 Å². The fourth-order valence-electron chi connectivity index (χ4n) is 5.57. The van der Waals surface area contributed by atoms with Crippen LogP contribution in [-0.4, -0.2) is 23.7 Å². The number of hydrogen-bond donors (Lipinski definition) is 1. The molecule has 1 saturated carbocycles. The molecule has 2 aromatic heterocycles. The third kappa shape index (κ3) is 4.62. The summed E-state index contributed by atoms with van der Waals surface area (Å²) in [6.07, 6.45) is 10.3. The average Bonchev–Trinajstić information content (AvgIpc) is 3.48. The number of nitrogens with one attached hydrogen (secondary N) is 1. The molecule has 31 heavy (non-hydrogen) atoms. The number of aromatic nitrogens is 1. The molecule has 3 nitrogen and oxygen atoms in total. The maximum absolute atomic E-state index is 6.38. The summed E-state index contributed by atoms with van der Waals surface area (Å²) in [6.45, 7) is 2.80. The lowest BCUT2D eigenvalue weighted by molar-refractivity contribution is -0.104. The van der Waals surface area contributed by atoms with Gasteiger partial charge in [-0.2, -0.15) is 0 Å². The Morgan fingerprint density at radius 2 is 1.77 bits per heavy atom. The number of ether oxygens (including phenoxy) is 1. The summed E-state index contributed by atoms with van der Waals surface area (Å²) in [5.74, 6) is 0. The smallest absolute Gasteiger partial charge is 0.0691 e. The van der Waals surface area contributed by atoms with Crippen molar-refractivity contribution in [3.8, 4) is 10.4 Å². The predicted octanol–water partition coefficient (Wildman–Crippen LogP) is 6.35. The Morgan fingerprint density at radius 1 is 0.935 bits per heavy atom. The lowest BCUT2D eigenvalue weighted by Crippen LogP contribution is -2.47. The van der Waals surface area contributed by atoms with Crippen molar-refractivity contribution in [2.45, 2.75) is 62.5 Å². The fraction of sp³-hybridized carbons (Fsp3) is 0.444. The molecular weight excluding hydrogens is 400 g/mol. The zero-order chi connectivity index (χ0) is 21.0. The quantitative estimate of drug-likeness (QED) is 0.442. The van der Waals surface area contributed by atoms with Crippen LogP contribution in [-0.2, 0) is 16.7 Å². The predicted molar refractivity (Wildman–Crippen MR) is 128 cm³/mol. The minimum absolute atomic E-state index is 0.0914. The monoisotopic (exact) mass is 432 g/mol. The lowest BCUT2D eigenvalue weighted by atomic mass is 9.68. The van der Waals surface area contributed by atoms with E-state index < -0.39 is 0 Å². The molecular formula is C27H32N2OS. The van der Waals surface area contributed by atoms with Crippen molar-refractivity contribution < 1.29 is 4.74 Å². The molecule has 0 radical (unpaired) electrons. The average molecular weight is 433 g/mol. The van der Waals surface area contributed by atoms with Gasteiger partial charge in [0.2, 0.25) is 0 Å². The Labute approximate surface area is 189 Å². The maximum atomic E-state index is 6.38. The van der Waals surface area contributed by atoms with Crippen LogP contribution in [0.2, 0.25) is 0 Å². The van der Waals surface area contributed by atoms with E-state index in [4.69, 9.17) is 9.72 Å². The first-order valence-electron chi connectivity index (χ1n) is 11.7. The molecule has 162 valence electrons. The first-order chi connectivity index (χ1) is 15.3. The van der Waals surface area contributed by atoms with Crippen LogP contribution < -0.4 is 5.32 Å². The Balaban J connectivity index is 1.24. The van der Waals surface area contributed by atoms with Gasteiger partial charge in [-0.3, -0.25) is 4.98 Å². The molecule has 2 fully saturated rings. The molecule has 1 aromatic carbocycles. The van der Waals surface area contributed by atoms with Gasteiger partial charge in [-0.05, 0) is 68.5 Å². The standard InChI is InChI=1S/C27H32N2OS/c1-2-8-22(9-3-1)24-12-11-23(31-24)20-28-18-15-26(25-10-4-7-17-29-25)16-19-30-27(21-26)13-5-6-14-27/h1-4,7-12,17,28H,5-6,13-16,18-21H2/t26-/m1/s1. The van der Waals surface area contributed by atoms with Crippen molar-refractivity contribution in [3.05, 3.63) is 77.4 Å². The van der Waals surface area contributed by atoms with Crippen molar-refractivity contribution in [1.29, 1.82) is 0 Å². The second kappa shape index (κ2) is 9.23. The summed E-state index contributed by atoms with van der Waals surface area (Å²) in [7, 11) is 0. The molecule has 5 rings (SSSR count). The summed E-state index contributed by atoms with van der Waals surface area (Å²) in [4.78, 5) is 7.56. The maximum Gasteiger partial charge on any atom is 0.0691 e. The van der Waals surface area contributed by atoms with Gasteiger partial charge in [0.05, 0.1) is 5.60 Å². The number of nitrogens with zero attached hydrogens (tertiary/aromatic N) is 1. The fourth-order valence-corrected chi connectivity index (χ4v) is 6.55. The first-order valence-corrected chi connectivity index (χ1v) is 12.5. The van der Waals surface area contributed by atoms with Crippen LogP contribution in [0.5, 0.6) is 0 Å². The van der Waals surface area contributed by atoms with E-state index in [9.17, 15) is 0 Å². The Morgan fingerprint density at radius 3 is 2.58 bits per heavy atom. The highest BCUT2D eigenvalue weighted by Crippen LogP contribution is 2.49. The van der Waals surface area contributed by atoms with E-state index in [1.54, 1.807) is 0 Å². The van der Waals surface area contributed by atoms with E-state index in [0.29, 0.717) is 0 Å².